The molecule has 19 heavy (non-hydrogen) atoms. The highest BCUT2D eigenvalue weighted by atomic mass is 79.9. The van der Waals surface area contributed by atoms with E-state index in [1.165, 1.54) is 16.9 Å². The van der Waals surface area contributed by atoms with Crippen LogP contribution in [0.25, 0.3) is 0 Å². The molecular formula is C13H13Br2ClN2S. The van der Waals surface area contributed by atoms with Gasteiger partial charge in [0.25, 0.3) is 0 Å². The molecule has 3 N–H and O–H groups in total. The zero-order valence-electron chi connectivity index (χ0n) is 10.2. The van der Waals surface area contributed by atoms with Crippen LogP contribution in [0.15, 0.2) is 33.2 Å². The molecule has 0 saturated heterocycles. The van der Waals surface area contributed by atoms with Crippen molar-refractivity contribution in [2.45, 2.75) is 13.0 Å². The molecule has 1 atom stereocenters. The van der Waals surface area contributed by atoms with Crippen LogP contribution in [0.5, 0.6) is 0 Å². The Morgan fingerprint density at radius 1 is 1.32 bits per heavy atom. The summed E-state index contributed by atoms with van der Waals surface area (Å²) in [5.74, 6) is 0. The van der Waals surface area contributed by atoms with Crippen molar-refractivity contribution in [1.29, 1.82) is 0 Å². The van der Waals surface area contributed by atoms with E-state index in [1.54, 1.807) is 0 Å². The van der Waals surface area contributed by atoms with Crippen molar-refractivity contribution in [1.82, 2.24) is 0 Å². The second-order valence-corrected chi connectivity index (χ2v) is 7.58. The zero-order chi connectivity index (χ0) is 14.0. The Hall–Kier alpha value is -0.0700. The molecule has 0 fully saturated rings. The monoisotopic (exact) mass is 422 g/mol. The molecule has 0 aliphatic carbocycles. The van der Waals surface area contributed by atoms with E-state index in [2.05, 4.69) is 56.2 Å². The predicted octanol–water partition coefficient (Wildman–Crippen LogP) is 5.35. The number of rotatable bonds is 4. The van der Waals surface area contributed by atoms with Gasteiger partial charge in [-0.2, -0.15) is 0 Å². The molecular weight excluding hydrogens is 411 g/mol. The molecule has 1 aromatic carbocycles. The Kier molecular flexibility index (Phi) is 5.31. The van der Waals surface area contributed by atoms with E-state index in [-0.39, 0.29) is 6.04 Å². The second kappa shape index (κ2) is 6.59. The SMILES string of the molecule is Cc1ccc(Br)c(NC(CN)c2cc(Br)c(Cl)s2)c1. The number of thiophene rings is 1. The number of nitrogens with two attached hydrogens (primary N) is 1. The lowest BCUT2D eigenvalue weighted by Crippen LogP contribution is -2.19. The quantitative estimate of drug-likeness (QED) is 0.695. The molecule has 1 heterocycles. The molecule has 0 aliphatic rings. The van der Waals surface area contributed by atoms with E-state index in [0.717, 1.165) is 23.8 Å². The van der Waals surface area contributed by atoms with Gasteiger partial charge in [-0.3, -0.25) is 0 Å². The number of aryl methyl sites for hydroxylation is 1. The maximum Gasteiger partial charge on any atom is 0.107 e. The number of nitrogens with one attached hydrogen (secondary N) is 1. The smallest absolute Gasteiger partial charge is 0.107 e. The van der Waals surface area contributed by atoms with Gasteiger partial charge in [-0.05, 0) is 62.5 Å². The molecule has 0 spiro atoms. The van der Waals surface area contributed by atoms with Crippen LogP contribution in [0.4, 0.5) is 5.69 Å². The van der Waals surface area contributed by atoms with Crippen molar-refractivity contribution in [3.05, 3.63) is 48.0 Å². The fraction of sp³-hybridized carbons (Fsp3) is 0.231. The molecule has 2 nitrogen and oxygen atoms in total. The topological polar surface area (TPSA) is 38.0 Å². The van der Waals surface area contributed by atoms with Crippen LogP contribution in [0, 0.1) is 6.92 Å². The molecule has 0 saturated carbocycles. The largest absolute Gasteiger partial charge is 0.375 e. The first-order chi connectivity index (χ1) is 9.01. The average molecular weight is 425 g/mol. The van der Waals surface area contributed by atoms with Crippen LogP contribution in [0.1, 0.15) is 16.5 Å². The Morgan fingerprint density at radius 2 is 2.05 bits per heavy atom. The van der Waals surface area contributed by atoms with Crippen molar-refractivity contribution < 1.29 is 0 Å². The summed E-state index contributed by atoms with van der Waals surface area (Å²) in [6.07, 6.45) is 0. The Balaban J connectivity index is 2.26. The Morgan fingerprint density at radius 3 is 2.63 bits per heavy atom. The summed E-state index contributed by atoms with van der Waals surface area (Å²) in [5.41, 5.74) is 8.11. The molecule has 102 valence electrons. The van der Waals surface area contributed by atoms with Gasteiger partial charge in [-0.1, -0.05) is 17.7 Å². The van der Waals surface area contributed by atoms with Crippen molar-refractivity contribution in [3.8, 4) is 0 Å². The lowest BCUT2D eigenvalue weighted by Gasteiger charge is -2.18. The van der Waals surface area contributed by atoms with Crippen LogP contribution < -0.4 is 11.1 Å². The highest BCUT2D eigenvalue weighted by Crippen LogP contribution is 2.37. The first kappa shape index (κ1) is 15.3. The van der Waals surface area contributed by atoms with Crippen molar-refractivity contribution >= 4 is 60.5 Å². The van der Waals surface area contributed by atoms with Gasteiger partial charge in [0.2, 0.25) is 0 Å². The maximum absolute atomic E-state index is 6.08. The van der Waals surface area contributed by atoms with Crippen LogP contribution in [-0.4, -0.2) is 6.54 Å². The third-order valence-corrected chi connectivity index (χ3v) is 5.97. The molecule has 0 bridgehead atoms. The fourth-order valence-corrected chi connectivity index (χ4v) is 3.88. The van der Waals surface area contributed by atoms with Gasteiger partial charge in [-0.15, -0.1) is 11.3 Å². The van der Waals surface area contributed by atoms with Gasteiger partial charge in [0.1, 0.15) is 4.34 Å². The molecule has 1 aromatic heterocycles. The van der Waals surface area contributed by atoms with E-state index in [4.69, 9.17) is 17.3 Å². The molecule has 6 heteroatoms. The summed E-state index contributed by atoms with van der Waals surface area (Å²) < 4.78 is 2.69. The minimum Gasteiger partial charge on any atom is -0.375 e. The summed E-state index contributed by atoms with van der Waals surface area (Å²) >= 11 is 14.6. The lowest BCUT2D eigenvalue weighted by molar-refractivity contribution is 0.804. The number of hydrogen-bond acceptors (Lipinski definition) is 3. The van der Waals surface area contributed by atoms with Crippen molar-refractivity contribution in [2.75, 3.05) is 11.9 Å². The summed E-state index contributed by atoms with van der Waals surface area (Å²) in [6, 6.07) is 8.25. The molecule has 0 amide bonds. The highest BCUT2D eigenvalue weighted by Gasteiger charge is 2.15. The highest BCUT2D eigenvalue weighted by molar-refractivity contribution is 9.11. The van der Waals surface area contributed by atoms with E-state index in [9.17, 15) is 0 Å². The van der Waals surface area contributed by atoms with Crippen LogP contribution >= 0.6 is 54.8 Å². The minimum atomic E-state index is 0.0481. The van der Waals surface area contributed by atoms with Gasteiger partial charge in [0.05, 0.1) is 6.04 Å². The predicted molar refractivity (Wildman–Crippen MR) is 91.3 cm³/mol. The van der Waals surface area contributed by atoms with E-state index in [1.807, 2.05) is 12.1 Å². The number of anilines is 1. The molecule has 0 aliphatic heterocycles. The van der Waals surface area contributed by atoms with Gasteiger partial charge < -0.3 is 11.1 Å². The molecule has 2 rings (SSSR count). The van der Waals surface area contributed by atoms with E-state index >= 15 is 0 Å². The Bertz CT molecular complexity index is 567. The van der Waals surface area contributed by atoms with Gasteiger partial charge in [0.15, 0.2) is 0 Å². The van der Waals surface area contributed by atoms with Crippen LogP contribution in [0.2, 0.25) is 4.34 Å². The Labute approximate surface area is 138 Å². The summed E-state index contributed by atoms with van der Waals surface area (Å²) in [4.78, 5) is 1.12. The summed E-state index contributed by atoms with van der Waals surface area (Å²) in [5, 5.41) is 3.45. The standard InChI is InChI=1S/C13H13Br2ClN2S/c1-7-2-3-8(14)10(4-7)18-11(6-17)12-5-9(15)13(16)19-12/h2-5,11,18H,6,17H2,1H3. The third-order valence-electron chi connectivity index (χ3n) is 2.69. The average Bonchev–Trinajstić information content (AvgIpc) is 2.70. The van der Waals surface area contributed by atoms with Gasteiger partial charge >= 0.3 is 0 Å². The second-order valence-electron chi connectivity index (χ2n) is 4.19. The third kappa shape index (κ3) is 3.73. The first-order valence-corrected chi connectivity index (χ1v) is 8.46. The van der Waals surface area contributed by atoms with Gasteiger partial charge in [0, 0.05) is 26.1 Å². The zero-order valence-corrected chi connectivity index (χ0v) is 15.0. The normalized spacial score (nSPS) is 12.5. The first-order valence-electron chi connectivity index (χ1n) is 5.68. The van der Waals surface area contributed by atoms with Crippen LogP contribution in [-0.2, 0) is 0 Å². The van der Waals surface area contributed by atoms with E-state index < -0.39 is 0 Å². The fourth-order valence-electron chi connectivity index (χ4n) is 1.72. The van der Waals surface area contributed by atoms with Crippen molar-refractivity contribution in [2.24, 2.45) is 5.73 Å². The minimum absolute atomic E-state index is 0.0481. The number of hydrogen-bond donors (Lipinski definition) is 2. The van der Waals surface area contributed by atoms with Gasteiger partial charge in [-0.25, -0.2) is 0 Å². The number of halogens is 3. The number of benzene rings is 1. The summed E-state index contributed by atoms with van der Waals surface area (Å²) in [6.45, 7) is 2.57. The summed E-state index contributed by atoms with van der Waals surface area (Å²) in [7, 11) is 0. The maximum atomic E-state index is 6.08. The molecule has 2 aromatic rings. The van der Waals surface area contributed by atoms with Crippen molar-refractivity contribution in [3.63, 3.8) is 0 Å². The molecule has 0 radical (unpaired) electrons. The van der Waals surface area contributed by atoms with E-state index in [0.29, 0.717) is 6.54 Å². The lowest BCUT2D eigenvalue weighted by atomic mass is 10.2. The molecule has 1 unspecified atom stereocenters. The van der Waals surface area contributed by atoms with Crippen LogP contribution in [0.3, 0.4) is 0 Å².